The van der Waals surface area contributed by atoms with E-state index in [2.05, 4.69) is 5.16 Å². The van der Waals surface area contributed by atoms with Crippen LogP contribution in [0.15, 0.2) is 59.3 Å². The Morgan fingerprint density at radius 2 is 1.91 bits per heavy atom. The highest BCUT2D eigenvalue weighted by atomic mass is 16.5. The van der Waals surface area contributed by atoms with E-state index in [0.29, 0.717) is 6.54 Å². The molecule has 0 radical (unpaired) electrons. The summed E-state index contributed by atoms with van der Waals surface area (Å²) in [6.07, 6.45) is 0.942. The zero-order valence-electron chi connectivity index (χ0n) is 12.2. The van der Waals surface area contributed by atoms with Crippen LogP contribution in [0, 0.1) is 0 Å². The summed E-state index contributed by atoms with van der Waals surface area (Å²) >= 11 is 0. The van der Waals surface area contributed by atoms with Crippen LogP contribution in [0.4, 0.5) is 0 Å². The van der Waals surface area contributed by atoms with Crippen LogP contribution in [0.25, 0.3) is 22.2 Å². The van der Waals surface area contributed by atoms with E-state index >= 15 is 0 Å². The van der Waals surface area contributed by atoms with Crippen LogP contribution in [0.3, 0.4) is 0 Å². The minimum atomic E-state index is -0.618. The summed E-state index contributed by atoms with van der Waals surface area (Å²) in [4.78, 5) is 0. The SMILES string of the molecule is O[C@H]1c2ccccc2-c2nn(Cc3ccon3)c3cccc1c23. The molecule has 5 heteroatoms. The molecule has 1 atom stereocenters. The molecule has 0 fully saturated rings. The maximum Gasteiger partial charge on any atom is 0.124 e. The van der Waals surface area contributed by atoms with Gasteiger partial charge in [-0.1, -0.05) is 41.6 Å². The lowest BCUT2D eigenvalue weighted by Crippen LogP contribution is -2.06. The molecule has 5 nitrogen and oxygen atoms in total. The molecule has 0 spiro atoms. The predicted molar refractivity (Wildman–Crippen MR) is 84.8 cm³/mol. The molecule has 0 unspecified atom stereocenters. The molecule has 0 saturated carbocycles. The first-order valence-electron chi connectivity index (χ1n) is 7.49. The van der Waals surface area contributed by atoms with Crippen molar-refractivity contribution in [2.45, 2.75) is 12.6 Å². The standard InChI is InChI=1S/C18H13N3O2/c22-18-13-5-2-1-4-12(13)17-16-14(18)6-3-7-15(16)21(19-17)10-11-8-9-23-20-11/h1-9,18,22H,10H2/t18-/m0/s1. The molecular weight excluding hydrogens is 290 g/mol. The minimum Gasteiger partial charge on any atom is -0.384 e. The minimum absolute atomic E-state index is 0.536. The van der Waals surface area contributed by atoms with Crippen LogP contribution in [-0.4, -0.2) is 20.0 Å². The lowest BCUT2D eigenvalue weighted by molar-refractivity contribution is 0.221. The summed E-state index contributed by atoms with van der Waals surface area (Å²) in [6, 6.07) is 15.7. The summed E-state index contributed by atoms with van der Waals surface area (Å²) in [5.41, 5.74) is 5.53. The van der Waals surface area contributed by atoms with Crippen molar-refractivity contribution in [1.29, 1.82) is 0 Å². The molecule has 0 amide bonds. The van der Waals surface area contributed by atoms with E-state index in [1.165, 1.54) is 0 Å². The predicted octanol–water partition coefficient (Wildman–Crippen LogP) is 3.13. The Morgan fingerprint density at radius 1 is 1.04 bits per heavy atom. The van der Waals surface area contributed by atoms with E-state index in [1.807, 2.05) is 53.2 Å². The van der Waals surface area contributed by atoms with Crippen molar-refractivity contribution in [2.75, 3.05) is 0 Å². The molecule has 2 aromatic carbocycles. The first-order valence-corrected chi connectivity index (χ1v) is 7.49. The zero-order valence-corrected chi connectivity index (χ0v) is 12.2. The van der Waals surface area contributed by atoms with E-state index in [9.17, 15) is 5.11 Å². The van der Waals surface area contributed by atoms with Crippen LogP contribution in [0.1, 0.15) is 22.9 Å². The Balaban J connectivity index is 1.81. The van der Waals surface area contributed by atoms with E-state index in [4.69, 9.17) is 9.62 Å². The number of benzene rings is 2. The topological polar surface area (TPSA) is 64.1 Å². The van der Waals surface area contributed by atoms with E-state index in [-0.39, 0.29) is 0 Å². The van der Waals surface area contributed by atoms with Crippen molar-refractivity contribution >= 4 is 10.9 Å². The van der Waals surface area contributed by atoms with Gasteiger partial charge in [0.1, 0.15) is 23.8 Å². The van der Waals surface area contributed by atoms with Crippen molar-refractivity contribution in [3.8, 4) is 11.3 Å². The maximum atomic E-state index is 10.7. The fourth-order valence-electron chi connectivity index (χ4n) is 3.38. The van der Waals surface area contributed by atoms with Gasteiger partial charge in [-0.3, -0.25) is 4.68 Å². The summed E-state index contributed by atoms with van der Waals surface area (Å²) in [5, 5.41) is 20.5. The second-order valence-corrected chi connectivity index (χ2v) is 5.73. The fourth-order valence-corrected chi connectivity index (χ4v) is 3.38. The van der Waals surface area contributed by atoms with Gasteiger partial charge >= 0.3 is 0 Å². The van der Waals surface area contributed by atoms with E-state index in [0.717, 1.165) is 39.0 Å². The number of aliphatic hydroxyl groups excluding tert-OH is 1. The molecule has 112 valence electrons. The van der Waals surface area contributed by atoms with Gasteiger partial charge in [-0.2, -0.15) is 5.10 Å². The summed E-state index contributed by atoms with van der Waals surface area (Å²) in [7, 11) is 0. The summed E-state index contributed by atoms with van der Waals surface area (Å²) < 4.78 is 6.83. The monoisotopic (exact) mass is 303 g/mol. The van der Waals surface area contributed by atoms with Gasteiger partial charge < -0.3 is 9.63 Å². The molecule has 5 rings (SSSR count). The van der Waals surface area contributed by atoms with Crippen molar-refractivity contribution < 1.29 is 9.63 Å². The number of hydrogen-bond donors (Lipinski definition) is 1. The van der Waals surface area contributed by atoms with Crippen LogP contribution in [0.2, 0.25) is 0 Å². The molecule has 2 aromatic heterocycles. The van der Waals surface area contributed by atoms with Crippen molar-refractivity contribution in [3.63, 3.8) is 0 Å². The van der Waals surface area contributed by atoms with Gasteiger partial charge in [-0.15, -0.1) is 0 Å². The van der Waals surface area contributed by atoms with Gasteiger partial charge in [0.2, 0.25) is 0 Å². The first-order chi connectivity index (χ1) is 11.3. The highest BCUT2D eigenvalue weighted by Gasteiger charge is 2.28. The average molecular weight is 303 g/mol. The number of fused-ring (bicyclic) bond motifs is 2. The number of aliphatic hydroxyl groups is 1. The summed E-state index contributed by atoms with van der Waals surface area (Å²) in [6.45, 7) is 0.536. The van der Waals surface area contributed by atoms with Gasteiger partial charge in [0, 0.05) is 17.0 Å². The highest BCUT2D eigenvalue weighted by Crippen LogP contribution is 2.43. The number of aromatic nitrogens is 3. The molecule has 1 N–H and O–H groups in total. The second kappa shape index (κ2) is 4.54. The van der Waals surface area contributed by atoms with Gasteiger partial charge in [-0.25, -0.2) is 0 Å². The molecule has 4 aromatic rings. The maximum absolute atomic E-state index is 10.7. The Bertz CT molecular complexity index is 1020. The molecule has 0 bridgehead atoms. The van der Waals surface area contributed by atoms with Gasteiger partial charge in [0.15, 0.2) is 0 Å². The first kappa shape index (κ1) is 12.6. The highest BCUT2D eigenvalue weighted by molar-refractivity contribution is 5.99. The van der Waals surface area contributed by atoms with Crippen LogP contribution in [-0.2, 0) is 6.54 Å². The third-order valence-corrected chi connectivity index (χ3v) is 4.42. The number of hydrogen-bond acceptors (Lipinski definition) is 4. The Kier molecular flexibility index (Phi) is 2.49. The number of rotatable bonds is 2. The van der Waals surface area contributed by atoms with Crippen molar-refractivity contribution in [1.82, 2.24) is 14.9 Å². The zero-order chi connectivity index (χ0) is 15.4. The lowest BCUT2D eigenvalue weighted by atomic mass is 9.86. The molecule has 23 heavy (non-hydrogen) atoms. The number of nitrogens with zero attached hydrogens (tertiary/aromatic N) is 3. The molecular formula is C18H13N3O2. The molecule has 1 aliphatic rings. The van der Waals surface area contributed by atoms with Gasteiger partial charge in [0.25, 0.3) is 0 Å². The van der Waals surface area contributed by atoms with Crippen LogP contribution >= 0.6 is 0 Å². The smallest absolute Gasteiger partial charge is 0.124 e. The van der Waals surface area contributed by atoms with Gasteiger partial charge in [0.05, 0.1) is 12.1 Å². The van der Waals surface area contributed by atoms with Crippen molar-refractivity contribution in [3.05, 3.63) is 71.6 Å². The Morgan fingerprint density at radius 3 is 2.78 bits per heavy atom. The molecule has 1 aliphatic carbocycles. The molecule has 2 heterocycles. The average Bonchev–Trinajstić information content (AvgIpc) is 3.22. The Hall–Kier alpha value is -2.92. The quantitative estimate of drug-likeness (QED) is 0.618. The third kappa shape index (κ3) is 1.71. The fraction of sp³-hybridized carbons (Fsp3) is 0.111. The normalized spacial score (nSPS) is 15.8. The Labute approximate surface area is 131 Å². The van der Waals surface area contributed by atoms with E-state index in [1.54, 1.807) is 6.26 Å². The summed E-state index contributed by atoms with van der Waals surface area (Å²) in [5.74, 6) is 0. The second-order valence-electron chi connectivity index (χ2n) is 5.73. The van der Waals surface area contributed by atoms with Crippen LogP contribution < -0.4 is 0 Å². The largest absolute Gasteiger partial charge is 0.384 e. The lowest BCUT2D eigenvalue weighted by Gasteiger charge is -2.21. The van der Waals surface area contributed by atoms with E-state index < -0.39 is 6.10 Å². The van der Waals surface area contributed by atoms with Crippen LogP contribution in [0.5, 0.6) is 0 Å². The molecule has 0 aliphatic heterocycles. The van der Waals surface area contributed by atoms with Gasteiger partial charge in [-0.05, 0) is 17.2 Å². The molecule has 0 saturated heterocycles. The van der Waals surface area contributed by atoms with Crippen molar-refractivity contribution in [2.24, 2.45) is 0 Å². The third-order valence-electron chi connectivity index (χ3n) is 4.42.